The van der Waals surface area contributed by atoms with Gasteiger partial charge in [0.15, 0.2) is 12.4 Å². The summed E-state index contributed by atoms with van der Waals surface area (Å²) >= 11 is 0. The first kappa shape index (κ1) is 24.9. The number of carbonyl (C=O) groups is 1. The number of hydrogen-bond acceptors (Lipinski definition) is 6. The molecule has 8 heteroatoms. The number of nitrogens with one attached hydrogen (secondary N) is 2. The van der Waals surface area contributed by atoms with Crippen molar-refractivity contribution in [2.75, 3.05) is 6.61 Å². The van der Waals surface area contributed by atoms with Crippen LogP contribution in [0.15, 0.2) is 107 Å². The molecule has 0 unspecified atom stereocenters. The van der Waals surface area contributed by atoms with Crippen LogP contribution in [-0.4, -0.2) is 41.0 Å². The van der Waals surface area contributed by atoms with Crippen molar-refractivity contribution in [3.8, 4) is 28.4 Å². The topological polar surface area (TPSA) is 127 Å². The maximum Gasteiger partial charge on any atom is 0.277 e. The lowest BCUT2D eigenvalue weighted by Gasteiger charge is -2.06. The number of aromatic hydroxyl groups is 2. The van der Waals surface area contributed by atoms with Gasteiger partial charge in [-0.1, -0.05) is 30.3 Å². The Labute approximate surface area is 213 Å². The third kappa shape index (κ3) is 7.37. The Morgan fingerprint density at radius 3 is 2.24 bits per heavy atom. The van der Waals surface area contributed by atoms with Crippen molar-refractivity contribution in [1.29, 1.82) is 5.41 Å². The molecule has 4 aromatic rings. The number of rotatable bonds is 8. The molecule has 0 aliphatic rings. The molecule has 4 N–H and O–H groups in total. The zero-order chi connectivity index (χ0) is 26.0. The molecule has 0 fully saturated rings. The third-order valence-corrected chi connectivity index (χ3v) is 5.20. The first-order valence-corrected chi connectivity index (χ1v) is 11.3. The number of amides is 1. The van der Waals surface area contributed by atoms with E-state index in [1.807, 2.05) is 30.3 Å². The molecule has 0 aliphatic carbocycles. The van der Waals surface area contributed by atoms with Gasteiger partial charge in [-0.25, -0.2) is 10.4 Å². The molecule has 0 spiro atoms. The highest BCUT2D eigenvalue weighted by molar-refractivity contribution is 6.03. The molecule has 0 saturated heterocycles. The van der Waals surface area contributed by atoms with E-state index in [9.17, 15) is 15.0 Å². The summed E-state index contributed by atoms with van der Waals surface area (Å²) in [5.41, 5.74) is 6.34. The van der Waals surface area contributed by atoms with E-state index in [-0.39, 0.29) is 23.9 Å². The molecule has 184 valence electrons. The SMILES string of the molecule is N=C(N=Cc1cccc(-c2cccc(O)c2)c1)c1ccc(OCC(=O)N/N=C/c2ccc(O)cc2)cc1. The number of benzene rings is 4. The van der Waals surface area contributed by atoms with Crippen LogP contribution in [0.2, 0.25) is 0 Å². The van der Waals surface area contributed by atoms with Gasteiger partial charge in [-0.2, -0.15) is 5.10 Å². The van der Waals surface area contributed by atoms with Gasteiger partial charge >= 0.3 is 0 Å². The summed E-state index contributed by atoms with van der Waals surface area (Å²) in [5.74, 6) is 0.473. The van der Waals surface area contributed by atoms with Gasteiger partial charge in [0.2, 0.25) is 0 Å². The van der Waals surface area contributed by atoms with Crippen LogP contribution in [0.25, 0.3) is 11.1 Å². The van der Waals surface area contributed by atoms with Crippen LogP contribution in [0.1, 0.15) is 16.7 Å². The second-order valence-corrected chi connectivity index (χ2v) is 7.98. The molecule has 37 heavy (non-hydrogen) atoms. The maximum absolute atomic E-state index is 11.9. The highest BCUT2D eigenvalue weighted by atomic mass is 16.5. The minimum absolute atomic E-state index is 0.0793. The Morgan fingerprint density at radius 2 is 1.51 bits per heavy atom. The van der Waals surface area contributed by atoms with Gasteiger partial charge in [-0.15, -0.1) is 0 Å². The first-order chi connectivity index (χ1) is 18.0. The molecule has 0 atom stereocenters. The summed E-state index contributed by atoms with van der Waals surface area (Å²) in [6.45, 7) is -0.225. The summed E-state index contributed by atoms with van der Waals surface area (Å²) in [6.07, 6.45) is 3.07. The fourth-order valence-corrected chi connectivity index (χ4v) is 3.33. The number of amidine groups is 1. The van der Waals surface area contributed by atoms with Gasteiger partial charge in [0, 0.05) is 11.8 Å². The third-order valence-electron chi connectivity index (χ3n) is 5.20. The molecule has 4 rings (SSSR count). The number of ether oxygens (including phenoxy) is 1. The van der Waals surface area contributed by atoms with Crippen LogP contribution in [-0.2, 0) is 4.79 Å². The number of phenols is 2. The molecule has 0 aliphatic heterocycles. The lowest BCUT2D eigenvalue weighted by molar-refractivity contribution is -0.123. The van der Waals surface area contributed by atoms with Gasteiger partial charge < -0.3 is 14.9 Å². The highest BCUT2D eigenvalue weighted by Crippen LogP contribution is 2.23. The smallest absolute Gasteiger partial charge is 0.277 e. The minimum Gasteiger partial charge on any atom is -0.508 e. The standard InChI is InChI=1S/C29H24N4O4/c30-29(31-17-21-3-1-4-23(15-21)24-5-2-6-26(35)16-24)22-9-13-27(14-10-22)37-19-28(36)33-32-18-20-7-11-25(34)12-8-20/h1-18,30,34-35H,19H2,(H,33,36)/b30-29?,31-17?,32-18+. The molecular formula is C29H24N4O4. The van der Waals surface area contributed by atoms with Crippen molar-refractivity contribution in [3.05, 3.63) is 114 Å². The van der Waals surface area contributed by atoms with Crippen molar-refractivity contribution in [3.63, 3.8) is 0 Å². The predicted octanol–water partition coefficient (Wildman–Crippen LogP) is 4.74. The molecule has 0 bridgehead atoms. The Bertz CT molecular complexity index is 1450. The van der Waals surface area contributed by atoms with E-state index in [1.54, 1.807) is 60.8 Å². The summed E-state index contributed by atoms with van der Waals surface area (Å²) in [4.78, 5) is 16.2. The molecule has 0 radical (unpaired) electrons. The summed E-state index contributed by atoms with van der Waals surface area (Å²) in [6, 6.07) is 27.8. The van der Waals surface area contributed by atoms with Gasteiger partial charge in [0.1, 0.15) is 17.2 Å². The predicted molar refractivity (Wildman–Crippen MR) is 144 cm³/mol. The minimum atomic E-state index is -0.426. The average Bonchev–Trinajstić information content (AvgIpc) is 2.92. The summed E-state index contributed by atoms with van der Waals surface area (Å²) in [5, 5.41) is 31.1. The van der Waals surface area contributed by atoms with Crippen LogP contribution in [0, 0.1) is 5.41 Å². The first-order valence-electron chi connectivity index (χ1n) is 11.3. The van der Waals surface area contributed by atoms with E-state index in [0.717, 1.165) is 22.3 Å². The van der Waals surface area contributed by atoms with Crippen LogP contribution in [0.3, 0.4) is 0 Å². The number of hydrazone groups is 1. The van der Waals surface area contributed by atoms with E-state index in [0.29, 0.717) is 11.3 Å². The largest absolute Gasteiger partial charge is 0.508 e. The van der Waals surface area contributed by atoms with Crippen LogP contribution >= 0.6 is 0 Å². The zero-order valence-electron chi connectivity index (χ0n) is 19.7. The molecule has 1 amide bonds. The number of nitrogens with zero attached hydrogens (tertiary/aromatic N) is 2. The van der Waals surface area contributed by atoms with E-state index >= 15 is 0 Å². The number of phenolic OH excluding ortho intramolecular Hbond substituents is 2. The molecule has 0 aromatic heterocycles. The zero-order valence-corrected chi connectivity index (χ0v) is 19.7. The Balaban J connectivity index is 1.28. The molecular weight excluding hydrogens is 468 g/mol. The van der Waals surface area contributed by atoms with Gasteiger partial charge in [0.05, 0.1) is 6.21 Å². The van der Waals surface area contributed by atoms with E-state index in [4.69, 9.17) is 10.1 Å². The van der Waals surface area contributed by atoms with Crippen LogP contribution in [0.4, 0.5) is 0 Å². The Kier molecular flexibility index (Phi) is 8.03. The van der Waals surface area contributed by atoms with Crippen molar-refractivity contribution in [1.82, 2.24) is 5.43 Å². The van der Waals surface area contributed by atoms with Gasteiger partial charge in [0.25, 0.3) is 5.91 Å². The Morgan fingerprint density at radius 1 is 0.811 bits per heavy atom. The van der Waals surface area contributed by atoms with Crippen LogP contribution in [0.5, 0.6) is 17.2 Å². The van der Waals surface area contributed by atoms with Crippen molar-refractivity contribution >= 4 is 24.2 Å². The lowest BCUT2D eigenvalue weighted by atomic mass is 10.0. The number of hydrogen-bond donors (Lipinski definition) is 4. The quantitative estimate of drug-likeness (QED) is 0.161. The van der Waals surface area contributed by atoms with Crippen molar-refractivity contribution in [2.45, 2.75) is 0 Å². The fraction of sp³-hybridized carbons (Fsp3) is 0.0345. The van der Waals surface area contributed by atoms with Crippen molar-refractivity contribution in [2.24, 2.45) is 10.1 Å². The normalized spacial score (nSPS) is 11.0. The maximum atomic E-state index is 11.9. The molecule has 4 aromatic carbocycles. The van der Waals surface area contributed by atoms with E-state index in [2.05, 4.69) is 15.5 Å². The Hall–Kier alpha value is -5.24. The summed E-state index contributed by atoms with van der Waals surface area (Å²) in [7, 11) is 0. The molecule has 0 heterocycles. The van der Waals surface area contributed by atoms with Crippen molar-refractivity contribution < 1.29 is 19.7 Å². The second kappa shape index (κ2) is 11.9. The van der Waals surface area contributed by atoms with Gasteiger partial charge in [-0.3, -0.25) is 10.2 Å². The average molecular weight is 493 g/mol. The summed E-state index contributed by atoms with van der Waals surface area (Å²) < 4.78 is 5.47. The van der Waals surface area contributed by atoms with E-state index < -0.39 is 5.91 Å². The van der Waals surface area contributed by atoms with Gasteiger partial charge in [-0.05, 0) is 89.0 Å². The highest BCUT2D eigenvalue weighted by Gasteiger charge is 2.04. The molecule has 8 nitrogen and oxygen atoms in total. The molecule has 0 saturated carbocycles. The lowest BCUT2D eigenvalue weighted by Crippen LogP contribution is -2.24. The van der Waals surface area contributed by atoms with E-state index in [1.165, 1.54) is 18.3 Å². The second-order valence-electron chi connectivity index (χ2n) is 7.98. The van der Waals surface area contributed by atoms with Crippen LogP contribution < -0.4 is 10.2 Å². The number of aliphatic imine (C=N–C) groups is 1. The monoisotopic (exact) mass is 492 g/mol. The fourth-order valence-electron chi connectivity index (χ4n) is 3.33. The number of carbonyl (C=O) groups excluding carboxylic acids is 1.